The van der Waals surface area contributed by atoms with Gasteiger partial charge >= 0.3 is 0 Å². The molecule has 0 unspecified atom stereocenters. The number of sulfonamides is 1. The Balaban J connectivity index is 1.91. The van der Waals surface area contributed by atoms with Crippen LogP contribution >= 0.6 is 11.6 Å². The van der Waals surface area contributed by atoms with Gasteiger partial charge in [0.2, 0.25) is 15.9 Å². The van der Waals surface area contributed by atoms with Gasteiger partial charge in [-0.25, -0.2) is 8.42 Å². The van der Waals surface area contributed by atoms with E-state index in [1.165, 1.54) is 25.3 Å². The predicted molar refractivity (Wildman–Crippen MR) is 117 cm³/mol. The number of ether oxygens (including phenoxy) is 1. The van der Waals surface area contributed by atoms with Gasteiger partial charge in [-0.15, -0.1) is 0 Å². The molecule has 8 heteroatoms. The van der Waals surface area contributed by atoms with Gasteiger partial charge in [0, 0.05) is 10.7 Å². The van der Waals surface area contributed by atoms with E-state index in [1.54, 1.807) is 24.3 Å². The van der Waals surface area contributed by atoms with Gasteiger partial charge in [-0.3, -0.25) is 4.79 Å². The number of benzene rings is 3. The smallest absolute Gasteiger partial charge is 0.245 e. The summed E-state index contributed by atoms with van der Waals surface area (Å²) in [5.41, 5.74) is 1.38. The molecule has 3 aromatic carbocycles. The highest BCUT2D eigenvalue weighted by molar-refractivity contribution is 7.89. The molecule has 0 fully saturated rings. The monoisotopic (exact) mass is 444 g/mol. The lowest BCUT2D eigenvalue weighted by Gasteiger charge is -2.20. The van der Waals surface area contributed by atoms with E-state index in [2.05, 4.69) is 10.0 Å². The van der Waals surface area contributed by atoms with E-state index >= 15 is 0 Å². The van der Waals surface area contributed by atoms with Gasteiger partial charge in [0.1, 0.15) is 16.7 Å². The maximum absolute atomic E-state index is 13.1. The highest BCUT2D eigenvalue weighted by atomic mass is 35.5. The van der Waals surface area contributed by atoms with Crippen molar-refractivity contribution in [1.29, 1.82) is 0 Å². The van der Waals surface area contributed by atoms with Gasteiger partial charge in [-0.1, -0.05) is 60.1 Å². The maximum atomic E-state index is 13.1. The molecule has 0 saturated heterocycles. The van der Waals surface area contributed by atoms with E-state index in [4.69, 9.17) is 16.3 Å². The van der Waals surface area contributed by atoms with Crippen LogP contribution in [0.4, 0.5) is 5.69 Å². The van der Waals surface area contributed by atoms with Gasteiger partial charge in [0.25, 0.3) is 0 Å². The van der Waals surface area contributed by atoms with Crippen molar-refractivity contribution in [3.05, 3.63) is 89.4 Å². The molecule has 0 radical (unpaired) electrons. The average Bonchev–Trinajstić information content (AvgIpc) is 2.74. The highest BCUT2D eigenvalue weighted by Gasteiger charge is 2.28. The fraction of sp³-hybridized carbons (Fsp3) is 0.136. The molecule has 0 spiro atoms. The van der Waals surface area contributed by atoms with E-state index in [-0.39, 0.29) is 22.1 Å². The van der Waals surface area contributed by atoms with Crippen LogP contribution in [0.2, 0.25) is 5.02 Å². The van der Waals surface area contributed by atoms with Crippen molar-refractivity contribution in [2.45, 2.75) is 17.4 Å². The molecule has 30 heavy (non-hydrogen) atoms. The zero-order valence-electron chi connectivity index (χ0n) is 16.2. The fourth-order valence-electron chi connectivity index (χ4n) is 2.90. The number of methoxy groups -OCH3 is 1. The molecule has 0 aromatic heterocycles. The highest BCUT2D eigenvalue weighted by Crippen LogP contribution is 2.27. The summed E-state index contributed by atoms with van der Waals surface area (Å²) in [5.74, 6) is -0.344. The number of anilines is 1. The van der Waals surface area contributed by atoms with Crippen LogP contribution in [0.5, 0.6) is 5.75 Å². The minimum absolute atomic E-state index is 0.133. The Morgan fingerprint density at radius 2 is 1.63 bits per heavy atom. The van der Waals surface area contributed by atoms with Crippen LogP contribution < -0.4 is 14.8 Å². The zero-order valence-corrected chi connectivity index (χ0v) is 17.8. The normalized spacial score (nSPS) is 12.2. The second kappa shape index (κ2) is 9.75. The number of carbonyl (C=O) groups excluding carboxylic acids is 1. The first-order chi connectivity index (χ1) is 14.4. The Morgan fingerprint density at radius 1 is 1.00 bits per heavy atom. The van der Waals surface area contributed by atoms with Gasteiger partial charge < -0.3 is 10.1 Å². The lowest BCUT2D eigenvalue weighted by molar-refractivity contribution is -0.117. The first kappa shape index (κ1) is 21.8. The van der Waals surface area contributed by atoms with Crippen molar-refractivity contribution >= 4 is 33.2 Å². The van der Waals surface area contributed by atoms with Crippen LogP contribution in [0, 0.1) is 0 Å². The molecule has 0 saturated carbocycles. The lowest BCUT2D eigenvalue weighted by atomic mass is 10.1. The molecular formula is C22H21ClN2O4S. The number of halogens is 1. The van der Waals surface area contributed by atoms with E-state index < -0.39 is 22.0 Å². The molecule has 0 aliphatic carbocycles. The number of hydrogen-bond acceptors (Lipinski definition) is 4. The Labute approximate surface area is 180 Å². The van der Waals surface area contributed by atoms with Gasteiger partial charge in [-0.05, 0) is 42.3 Å². The van der Waals surface area contributed by atoms with Crippen molar-refractivity contribution in [2.24, 2.45) is 0 Å². The van der Waals surface area contributed by atoms with Crippen LogP contribution in [-0.2, 0) is 21.2 Å². The predicted octanol–water partition coefficient (Wildman–Crippen LogP) is 3.88. The Hall–Kier alpha value is -2.87. The van der Waals surface area contributed by atoms with Crippen LogP contribution in [-0.4, -0.2) is 27.5 Å². The van der Waals surface area contributed by atoms with E-state index in [1.807, 2.05) is 36.4 Å². The number of rotatable bonds is 8. The summed E-state index contributed by atoms with van der Waals surface area (Å²) in [6.45, 7) is 0. The number of para-hydroxylation sites is 1. The Bertz CT molecular complexity index is 1110. The molecule has 2 N–H and O–H groups in total. The van der Waals surface area contributed by atoms with Gasteiger partial charge in [0.15, 0.2) is 0 Å². The van der Waals surface area contributed by atoms with E-state index in [0.29, 0.717) is 5.69 Å². The molecule has 6 nitrogen and oxygen atoms in total. The summed E-state index contributed by atoms with van der Waals surface area (Å²) in [7, 11) is -2.74. The molecule has 0 aliphatic heterocycles. The van der Waals surface area contributed by atoms with Crippen LogP contribution in [0.25, 0.3) is 0 Å². The summed E-state index contributed by atoms with van der Waals surface area (Å²) < 4.78 is 33.8. The maximum Gasteiger partial charge on any atom is 0.245 e. The molecule has 0 bridgehead atoms. The number of carbonyl (C=O) groups is 1. The summed E-state index contributed by atoms with van der Waals surface area (Å²) in [6.07, 6.45) is 0.168. The van der Waals surface area contributed by atoms with Crippen molar-refractivity contribution in [2.75, 3.05) is 12.4 Å². The third-order valence-electron chi connectivity index (χ3n) is 4.35. The fourth-order valence-corrected chi connectivity index (χ4v) is 4.53. The van der Waals surface area contributed by atoms with Gasteiger partial charge in [-0.2, -0.15) is 4.72 Å². The molecule has 1 atom stereocenters. The second-order valence-corrected chi connectivity index (χ2v) is 8.63. The topological polar surface area (TPSA) is 84.5 Å². The minimum Gasteiger partial charge on any atom is -0.495 e. The summed E-state index contributed by atoms with van der Waals surface area (Å²) in [5, 5.41) is 2.99. The number of amides is 1. The number of nitrogens with one attached hydrogen (secondary N) is 2. The van der Waals surface area contributed by atoms with E-state index in [9.17, 15) is 13.2 Å². The lowest BCUT2D eigenvalue weighted by Crippen LogP contribution is -2.45. The third-order valence-corrected chi connectivity index (χ3v) is 6.08. The second-order valence-electron chi connectivity index (χ2n) is 6.51. The van der Waals surface area contributed by atoms with Gasteiger partial charge in [0.05, 0.1) is 7.11 Å². The summed E-state index contributed by atoms with van der Waals surface area (Å²) >= 11 is 5.99. The first-order valence-corrected chi connectivity index (χ1v) is 11.0. The van der Waals surface area contributed by atoms with Crippen LogP contribution in [0.1, 0.15) is 5.56 Å². The Kier molecular flexibility index (Phi) is 7.10. The van der Waals surface area contributed by atoms with Crippen LogP contribution in [0.15, 0.2) is 83.8 Å². The zero-order chi connectivity index (χ0) is 21.6. The standard InChI is InChI=1S/C22H21ClN2O4S/c1-29-20-13-12-17(23)15-21(20)30(27,28)25-19(14-16-8-4-2-5-9-16)22(26)24-18-10-6-3-7-11-18/h2-13,15,19,25H,14H2,1H3,(H,24,26)/t19-/m1/s1. The molecule has 3 aromatic rings. The van der Waals surface area contributed by atoms with E-state index in [0.717, 1.165) is 5.56 Å². The molecule has 1 amide bonds. The van der Waals surface area contributed by atoms with Crippen molar-refractivity contribution in [3.63, 3.8) is 0 Å². The molecule has 3 rings (SSSR count). The molecular weight excluding hydrogens is 424 g/mol. The first-order valence-electron chi connectivity index (χ1n) is 9.15. The van der Waals surface area contributed by atoms with Crippen molar-refractivity contribution in [1.82, 2.24) is 4.72 Å². The largest absolute Gasteiger partial charge is 0.495 e. The van der Waals surface area contributed by atoms with Crippen LogP contribution in [0.3, 0.4) is 0 Å². The third kappa shape index (κ3) is 5.60. The minimum atomic E-state index is -4.10. The molecule has 156 valence electrons. The SMILES string of the molecule is COc1ccc(Cl)cc1S(=O)(=O)N[C@H](Cc1ccccc1)C(=O)Nc1ccccc1. The number of hydrogen-bond donors (Lipinski definition) is 2. The molecule has 0 aliphatic rings. The summed E-state index contributed by atoms with van der Waals surface area (Å²) in [6, 6.07) is 21.2. The Morgan fingerprint density at radius 3 is 2.27 bits per heavy atom. The average molecular weight is 445 g/mol. The van der Waals surface area contributed by atoms with Crippen molar-refractivity contribution < 1.29 is 17.9 Å². The van der Waals surface area contributed by atoms with Crippen molar-refractivity contribution in [3.8, 4) is 5.75 Å². The summed E-state index contributed by atoms with van der Waals surface area (Å²) in [4.78, 5) is 12.8. The quantitative estimate of drug-likeness (QED) is 0.552. The molecule has 0 heterocycles.